The van der Waals surface area contributed by atoms with E-state index in [2.05, 4.69) is 15.2 Å². The van der Waals surface area contributed by atoms with Gasteiger partial charge in [0.15, 0.2) is 0 Å². The molecular formula is C28H37N5O3S. The molecule has 1 spiro atoms. The Kier molecular flexibility index (Phi) is 6.66. The quantitative estimate of drug-likeness (QED) is 0.529. The number of fused-ring (bicyclic) bond motifs is 1. The van der Waals surface area contributed by atoms with E-state index in [1.54, 1.807) is 4.31 Å². The molecule has 1 aromatic heterocycles. The van der Waals surface area contributed by atoms with Crippen molar-refractivity contribution in [3.05, 3.63) is 59.9 Å². The average molecular weight is 524 g/mol. The number of carbonyl (C=O) groups is 1. The van der Waals surface area contributed by atoms with Gasteiger partial charge in [-0.25, -0.2) is 13.4 Å². The number of likely N-dealkylation sites (tertiary alicyclic amines) is 1. The standard InChI is InChI=1S/C28H37N5O3S/c1-21-29-24-16-23(10-11-25(24)31(21)4)30-26(34)17-32-14-12-28(13-15-32)19-27(2,3)33(20-28)37(35,36)18-22-8-6-5-7-9-22/h5-11,16H,12-15,17-20H2,1-4H3,(H,30,34). The van der Waals surface area contributed by atoms with Crippen LogP contribution in [-0.2, 0) is 27.6 Å². The third-order valence-corrected chi connectivity index (χ3v) is 10.2. The van der Waals surface area contributed by atoms with E-state index in [-0.39, 0.29) is 17.1 Å². The summed E-state index contributed by atoms with van der Waals surface area (Å²) >= 11 is 0. The Morgan fingerprint density at radius 2 is 1.78 bits per heavy atom. The number of sulfonamides is 1. The number of anilines is 1. The summed E-state index contributed by atoms with van der Waals surface area (Å²) in [6.07, 6.45) is 2.62. The van der Waals surface area contributed by atoms with E-state index in [4.69, 9.17) is 0 Å². The molecule has 2 aromatic carbocycles. The molecule has 8 nitrogen and oxygen atoms in total. The number of imidazole rings is 1. The summed E-state index contributed by atoms with van der Waals surface area (Å²) in [5, 5.41) is 3.02. The number of benzene rings is 2. The highest BCUT2D eigenvalue weighted by atomic mass is 32.2. The third kappa shape index (κ3) is 5.30. The molecule has 0 radical (unpaired) electrons. The third-order valence-electron chi connectivity index (χ3n) is 8.16. The van der Waals surface area contributed by atoms with Crippen molar-refractivity contribution in [2.24, 2.45) is 12.5 Å². The number of hydrogen-bond acceptors (Lipinski definition) is 5. The molecule has 5 rings (SSSR count). The summed E-state index contributed by atoms with van der Waals surface area (Å²) in [6, 6.07) is 15.2. The minimum atomic E-state index is -3.43. The van der Waals surface area contributed by atoms with E-state index in [1.807, 2.05) is 80.9 Å². The highest BCUT2D eigenvalue weighted by Crippen LogP contribution is 2.49. The van der Waals surface area contributed by atoms with Crippen LogP contribution in [0.3, 0.4) is 0 Å². The van der Waals surface area contributed by atoms with Crippen LogP contribution in [-0.4, -0.2) is 64.8 Å². The van der Waals surface area contributed by atoms with Gasteiger partial charge in [0.05, 0.1) is 23.3 Å². The Bertz CT molecular complexity index is 1410. The van der Waals surface area contributed by atoms with Crippen molar-refractivity contribution >= 4 is 32.7 Å². The zero-order valence-electron chi connectivity index (χ0n) is 22.2. The molecule has 37 heavy (non-hydrogen) atoms. The van der Waals surface area contributed by atoms with Crippen LogP contribution < -0.4 is 5.32 Å². The van der Waals surface area contributed by atoms with Gasteiger partial charge < -0.3 is 9.88 Å². The Labute approximate surface area is 219 Å². The number of hydrogen-bond donors (Lipinski definition) is 1. The van der Waals surface area contributed by atoms with Gasteiger partial charge in [-0.1, -0.05) is 30.3 Å². The van der Waals surface area contributed by atoms with E-state index in [1.165, 1.54) is 0 Å². The molecule has 0 aliphatic carbocycles. The number of piperidine rings is 1. The number of amides is 1. The molecule has 3 aromatic rings. The fourth-order valence-electron chi connectivity index (χ4n) is 6.24. The van der Waals surface area contributed by atoms with Gasteiger partial charge in [0, 0.05) is 24.8 Å². The lowest BCUT2D eigenvalue weighted by molar-refractivity contribution is -0.117. The van der Waals surface area contributed by atoms with Crippen molar-refractivity contribution < 1.29 is 13.2 Å². The van der Waals surface area contributed by atoms with Gasteiger partial charge in [-0.15, -0.1) is 0 Å². The minimum absolute atomic E-state index is 0.0313. The summed E-state index contributed by atoms with van der Waals surface area (Å²) in [5.41, 5.74) is 3.01. The molecule has 0 bridgehead atoms. The van der Waals surface area contributed by atoms with Crippen molar-refractivity contribution in [3.8, 4) is 0 Å². The van der Waals surface area contributed by atoms with Crippen LogP contribution in [0.1, 0.15) is 44.5 Å². The Morgan fingerprint density at radius 1 is 1.08 bits per heavy atom. The predicted octanol–water partition coefficient (Wildman–Crippen LogP) is 3.92. The summed E-state index contributed by atoms with van der Waals surface area (Å²) in [7, 11) is -1.45. The molecule has 0 unspecified atom stereocenters. The lowest BCUT2D eigenvalue weighted by Gasteiger charge is -2.39. The number of nitrogens with zero attached hydrogens (tertiary/aromatic N) is 4. The number of aromatic nitrogens is 2. The van der Waals surface area contributed by atoms with Crippen LogP contribution in [0.25, 0.3) is 11.0 Å². The van der Waals surface area contributed by atoms with Crippen LogP contribution in [0.2, 0.25) is 0 Å². The zero-order valence-corrected chi connectivity index (χ0v) is 23.0. The van der Waals surface area contributed by atoms with Gasteiger partial charge in [-0.05, 0) is 82.3 Å². The molecular weight excluding hydrogens is 486 g/mol. The Balaban J connectivity index is 1.18. The largest absolute Gasteiger partial charge is 0.331 e. The van der Waals surface area contributed by atoms with Crippen LogP contribution in [0, 0.1) is 12.3 Å². The van der Waals surface area contributed by atoms with Gasteiger partial charge in [0.2, 0.25) is 15.9 Å². The molecule has 2 fully saturated rings. The molecule has 9 heteroatoms. The molecule has 3 heterocycles. The number of rotatable bonds is 6. The van der Waals surface area contributed by atoms with E-state index in [0.29, 0.717) is 13.1 Å². The topological polar surface area (TPSA) is 87.5 Å². The van der Waals surface area contributed by atoms with Gasteiger partial charge in [0.1, 0.15) is 5.82 Å². The monoisotopic (exact) mass is 523 g/mol. The molecule has 2 aliphatic heterocycles. The van der Waals surface area contributed by atoms with Crippen LogP contribution >= 0.6 is 0 Å². The molecule has 0 saturated carbocycles. The molecule has 2 saturated heterocycles. The van der Waals surface area contributed by atoms with Crippen molar-refractivity contribution in [3.63, 3.8) is 0 Å². The zero-order chi connectivity index (χ0) is 26.4. The van der Waals surface area contributed by atoms with E-state index >= 15 is 0 Å². The average Bonchev–Trinajstić information content (AvgIpc) is 3.27. The fraction of sp³-hybridized carbons (Fsp3) is 0.500. The predicted molar refractivity (Wildman–Crippen MR) is 147 cm³/mol. The first-order valence-electron chi connectivity index (χ1n) is 13.0. The maximum Gasteiger partial charge on any atom is 0.238 e. The second-order valence-electron chi connectivity index (χ2n) is 11.5. The first-order valence-corrected chi connectivity index (χ1v) is 14.6. The SMILES string of the molecule is Cc1nc2cc(NC(=O)CN3CCC4(CC3)CN(S(=O)(=O)Cc3ccccc3)C(C)(C)C4)ccc2n1C. The van der Waals surface area contributed by atoms with Crippen LogP contribution in [0.15, 0.2) is 48.5 Å². The van der Waals surface area contributed by atoms with Gasteiger partial charge >= 0.3 is 0 Å². The molecule has 0 atom stereocenters. The second-order valence-corrected chi connectivity index (χ2v) is 13.4. The first kappa shape index (κ1) is 25.9. The van der Waals surface area contributed by atoms with Crippen LogP contribution in [0.5, 0.6) is 0 Å². The highest BCUT2D eigenvalue weighted by Gasteiger charge is 2.53. The van der Waals surface area contributed by atoms with Gasteiger partial charge in [0.25, 0.3) is 0 Å². The summed E-state index contributed by atoms with van der Waals surface area (Å²) < 4.78 is 30.5. The van der Waals surface area contributed by atoms with E-state index < -0.39 is 15.6 Å². The van der Waals surface area contributed by atoms with Gasteiger partial charge in [-0.2, -0.15) is 4.31 Å². The summed E-state index contributed by atoms with van der Waals surface area (Å²) in [5.74, 6) is 0.924. The maximum atomic E-state index is 13.4. The molecule has 198 valence electrons. The lowest BCUT2D eigenvalue weighted by Crippen LogP contribution is -2.45. The fourth-order valence-corrected chi connectivity index (χ4v) is 8.30. The second kappa shape index (κ2) is 9.53. The van der Waals surface area contributed by atoms with E-state index in [9.17, 15) is 13.2 Å². The molecule has 1 N–H and O–H groups in total. The van der Waals surface area contributed by atoms with Crippen LogP contribution in [0.4, 0.5) is 5.69 Å². The van der Waals surface area contributed by atoms with Gasteiger partial charge in [-0.3, -0.25) is 9.69 Å². The van der Waals surface area contributed by atoms with Crippen molar-refractivity contribution in [1.29, 1.82) is 0 Å². The summed E-state index contributed by atoms with van der Waals surface area (Å²) in [6.45, 7) is 8.51. The molecule has 2 aliphatic rings. The van der Waals surface area contributed by atoms with Crippen molar-refractivity contribution in [1.82, 2.24) is 18.8 Å². The summed E-state index contributed by atoms with van der Waals surface area (Å²) in [4.78, 5) is 19.5. The number of aryl methyl sites for hydroxylation is 2. The first-order chi connectivity index (χ1) is 17.5. The van der Waals surface area contributed by atoms with Crippen molar-refractivity contribution in [2.75, 3.05) is 31.5 Å². The highest BCUT2D eigenvalue weighted by molar-refractivity contribution is 7.88. The maximum absolute atomic E-state index is 13.4. The Hall–Kier alpha value is -2.75. The minimum Gasteiger partial charge on any atom is -0.331 e. The lowest BCUT2D eigenvalue weighted by atomic mass is 9.74. The number of carbonyl (C=O) groups excluding carboxylic acids is 1. The molecule has 1 amide bonds. The smallest absolute Gasteiger partial charge is 0.238 e. The van der Waals surface area contributed by atoms with E-state index in [0.717, 1.165) is 60.5 Å². The Morgan fingerprint density at radius 3 is 2.49 bits per heavy atom. The normalized spacial score (nSPS) is 20.0. The number of nitrogens with one attached hydrogen (secondary N) is 1. The van der Waals surface area contributed by atoms with Crippen molar-refractivity contribution in [2.45, 2.75) is 51.3 Å².